The number of ketones is 1. The van der Waals surface area contributed by atoms with Crippen LogP contribution in [0.15, 0.2) is 23.3 Å². The highest BCUT2D eigenvalue weighted by molar-refractivity contribution is 6.31. The van der Waals surface area contributed by atoms with E-state index in [9.17, 15) is 4.79 Å². The van der Waals surface area contributed by atoms with Gasteiger partial charge in [-0.25, -0.2) is 0 Å². The first kappa shape index (κ1) is 9.53. The van der Waals surface area contributed by atoms with Crippen LogP contribution in [-0.4, -0.2) is 5.78 Å². The Kier molecular flexibility index (Phi) is 3.10. The molecule has 12 heavy (non-hydrogen) atoms. The van der Waals surface area contributed by atoms with E-state index < -0.39 is 0 Å². The normalized spacial score (nSPS) is 28.4. The first-order valence-corrected chi connectivity index (χ1v) is 4.59. The van der Waals surface area contributed by atoms with Gasteiger partial charge in [-0.2, -0.15) is 0 Å². The molecule has 2 atom stereocenters. The number of hydrogen-bond donors (Lipinski definition) is 0. The number of halogens is 1. The summed E-state index contributed by atoms with van der Waals surface area (Å²) in [6.07, 6.45) is 6.73. The van der Waals surface area contributed by atoms with Gasteiger partial charge >= 0.3 is 0 Å². The largest absolute Gasteiger partial charge is 0.299 e. The van der Waals surface area contributed by atoms with Crippen molar-refractivity contribution in [1.29, 1.82) is 0 Å². The van der Waals surface area contributed by atoms with E-state index in [-0.39, 0.29) is 11.7 Å². The Hall–Kier alpha value is -0.560. The van der Waals surface area contributed by atoms with Crippen molar-refractivity contribution in [2.75, 3.05) is 0 Å². The summed E-state index contributed by atoms with van der Waals surface area (Å²) >= 11 is 5.80. The first-order chi connectivity index (χ1) is 5.65. The summed E-state index contributed by atoms with van der Waals surface area (Å²) in [5.74, 6) is 0.529. The third kappa shape index (κ3) is 1.98. The number of carbonyl (C=O) groups excluding carboxylic acids is 1. The molecule has 0 fully saturated rings. The summed E-state index contributed by atoms with van der Waals surface area (Å²) in [5, 5.41) is 0.680. The quantitative estimate of drug-likeness (QED) is 0.645. The van der Waals surface area contributed by atoms with Crippen LogP contribution in [0.5, 0.6) is 0 Å². The second kappa shape index (κ2) is 3.90. The lowest BCUT2D eigenvalue weighted by Crippen LogP contribution is -2.19. The van der Waals surface area contributed by atoms with Gasteiger partial charge in [0.1, 0.15) is 5.78 Å². The molecule has 1 nitrogen and oxygen atoms in total. The highest BCUT2D eigenvalue weighted by Gasteiger charge is 2.22. The molecule has 0 aromatic rings. The molecule has 2 heteroatoms. The molecule has 0 bridgehead atoms. The van der Waals surface area contributed by atoms with E-state index in [0.29, 0.717) is 11.0 Å². The maximum atomic E-state index is 11.2. The molecular formula is C10H13ClO. The van der Waals surface area contributed by atoms with E-state index >= 15 is 0 Å². The molecule has 0 aromatic heterocycles. The van der Waals surface area contributed by atoms with Gasteiger partial charge in [-0.1, -0.05) is 30.7 Å². The van der Waals surface area contributed by atoms with Gasteiger partial charge in [0.15, 0.2) is 0 Å². The fourth-order valence-electron chi connectivity index (χ4n) is 1.49. The molecule has 0 aromatic carbocycles. The van der Waals surface area contributed by atoms with Crippen LogP contribution < -0.4 is 0 Å². The van der Waals surface area contributed by atoms with Crippen LogP contribution in [0.4, 0.5) is 0 Å². The predicted octanol–water partition coefficient (Wildman–Crippen LogP) is 2.91. The monoisotopic (exact) mass is 184 g/mol. The molecule has 0 saturated carbocycles. The van der Waals surface area contributed by atoms with Gasteiger partial charge in [0.05, 0.1) is 0 Å². The summed E-state index contributed by atoms with van der Waals surface area (Å²) in [4.78, 5) is 11.2. The Morgan fingerprint density at radius 2 is 2.33 bits per heavy atom. The Labute approximate surface area is 78.1 Å². The van der Waals surface area contributed by atoms with Crippen molar-refractivity contribution >= 4 is 17.4 Å². The minimum absolute atomic E-state index is 0.00694. The van der Waals surface area contributed by atoms with Crippen LogP contribution >= 0.6 is 11.6 Å². The molecule has 2 unspecified atom stereocenters. The lowest BCUT2D eigenvalue weighted by atomic mass is 9.84. The SMILES string of the molecule is CCC1C=CC(Cl)=CC1C(C)=O. The molecule has 0 heterocycles. The van der Waals surface area contributed by atoms with Crippen molar-refractivity contribution in [2.24, 2.45) is 11.8 Å². The van der Waals surface area contributed by atoms with Gasteiger partial charge in [0.25, 0.3) is 0 Å². The number of Topliss-reactive ketones (excluding diaryl/α,β-unsaturated/α-hetero) is 1. The summed E-state index contributed by atoms with van der Waals surface area (Å²) in [7, 11) is 0. The molecule has 0 spiro atoms. The van der Waals surface area contributed by atoms with Gasteiger partial charge in [-0.15, -0.1) is 0 Å². The lowest BCUT2D eigenvalue weighted by molar-refractivity contribution is -0.120. The predicted molar refractivity (Wildman–Crippen MR) is 51.0 cm³/mol. The van der Waals surface area contributed by atoms with Gasteiger partial charge in [0.2, 0.25) is 0 Å². The average Bonchev–Trinajstić information content (AvgIpc) is 2.04. The van der Waals surface area contributed by atoms with Crippen LogP contribution in [0.1, 0.15) is 20.3 Å². The summed E-state index contributed by atoms with van der Waals surface area (Å²) in [6.45, 7) is 3.70. The number of rotatable bonds is 2. The zero-order valence-corrected chi connectivity index (χ0v) is 8.14. The third-order valence-corrected chi connectivity index (χ3v) is 2.50. The van der Waals surface area contributed by atoms with Crippen LogP contribution in [0.2, 0.25) is 0 Å². The van der Waals surface area contributed by atoms with E-state index in [1.165, 1.54) is 0 Å². The van der Waals surface area contributed by atoms with Gasteiger partial charge < -0.3 is 0 Å². The standard InChI is InChI=1S/C10H13ClO/c1-3-8-4-5-9(11)6-10(8)7(2)12/h4-6,8,10H,3H2,1-2H3. The maximum Gasteiger partial charge on any atom is 0.137 e. The molecule has 1 aliphatic carbocycles. The molecule has 1 rings (SSSR count). The minimum atomic E-state index is -0.00694. The molecule has 66 valence electrons. The number of carbonyl (C=O) groups is 1. The van der Waals surface area contributed by atoms with E-state index in [4.69, 9.17) is 11.6 Å². The van der Waals surface area contributed by atoms with Crippen molar-refractivity contribution in [2.45, 2.75) is 20.3 Å². The Bertz CT molecular complexity index is 240. The highest BCUT2D eigenvalue weighted by atomic mass is 35.5. The molecule has 0 radical (unpaired) electrons. The molecule has 0 aliphatic heterocycles. The summed E-state index contributed by atoms with van der Waals surface area (Å²) in [5.41, 5.74) is 0. The number of allylic oxidation sites excluding steroid dienone is 4. The van der Waals surface area contributed by atoms with Crippen LogP contribution in [0.3, 0.4) is 0 Å². The molecule has 1 aliphatic rings. The van der Waals surface area contributed by atoms with Gasteiger partial charge in [-0.05, 0) is 25.3 Å². The third-order valence-electron chi connectivity index (χ3n) is 2.24. The van der Waals surface area contributed by atoms with Crippen LogP contribution in [-0.2, 0) is 4.79 Å². The topological polar surface area (TPSA) is 17.1 Å². The summed E-state index contributed by atoms with van der Waals surface area (Å²) in [6, 6.07) is 0. The zero-order valence-electron chi connectivity index (χ0n) is 7.38. The zero-order chi connectivity index (χ0) is 9.14. The Morgan fingerprint density at radius 3 is 2.83 bits per heavy atom. The fourth-order valence-corrected chi connectivity index (χ4v) is 1.70. The second-order valence-electron chi connectivity index (χ2n) is 3.12. The van der Waals surface area contributed by atoms with Crippen molar-refractivity contribution in [1.82, 2.24) is 0 Å². The van der Waals surface area contributed by atoms with Crippen molar-refractivity contribution in [3.8, 4) is 0 Å². The van der Waals surface area contributed by atoms with E-state index in [0.717, 1.165) is 6.42 Å². The molecule has 0 saturated heterocycles. The maximum absolute atomic E-state index is 11.2. The number of hydrogen-bond acceptors (Lipinski definition) is 1. The second-order valence-corrected chi connectivity index (χ2v) is 3.56. The molecular weight excluding hydrogens is 172 g/mol. The van der Waals surface area contributed by atoms with Crippen LogP contribution in [0, 0.1) is 11.8 Å². The smallest absolute Gasteiger partial charge is 0.137 e. The van der Waals surface area contributed by atoms with Crippen molar-refractivity contribution < 1.29 is 4.79 Å². The Morgan fingerprint density at radius 1 is 1.67 bits per heavy atom. The van der Waals surface area contributed by atoms with Crippen molar-refractivity contribution in [3.63, 3.8) is 0 Å². The first-order valence-electron chi connectivity index (χ1n) is 4.21. The molecule has 0 amide bonds. The van der Waals surface area contributed by atoms with Crippen molar-refractivity contribution in [3.05, 3.63) is 23.3 Å². The summed E-state index contributed by atoms with van der Waals surface area (Å²) < 4.78 is 0. The van der Waals surface area contributed by atoms with E-state index in [2.05, 4.69) is 6.92 Å². The Balaban J connectivity index is 2.81. The minimum Gasteiger partial charge on any atom is -0.299 e. The van der Waals surface area contributed by atoms with Crippen LogP contribution in [0.25, 0.3) is 0 Å². The average molecular weight is 185 g/mol. The van der Waals surface area contributed by atoms with E-state index in [1.807, 2.05) is 18.2 Å². The van der Waals surface area contributed by atoms with Gasteiger partial charge in [-0.3, -0.25) is 4.79 Å². The fraction of sp³-hybridized carbons (Fsp3) is 0.500. The highest BCUT2D eigenvalue weighted by Crippen LogP contribution is 2.27. The van der Waals surface area contributed by atoms with E-state index in [1.54, 1.807) is 6.92 Å². The lowest BCUT2D eigenvalue weighted by Gasteiger charge is -2.20. The molecule has 0 N–H and O–H groups in total. The van der Waals surface area contributed by atoms with Gasteiger partial charge in [0, 0.05) is 11.0 Å².